The monoisotopic (exact) mass is 286 g/mol. The molecule has 112 valence electrons. The minimum atomic E-state index is -0.521. The third kappa shape index (κ3) is 3.15. The number of pyridine rings is 1. The number of rotatable bonds is 3. The van der Waals surface area contributed by atoms with E-state index in [1.54, 1.807) is 0 Å². The molecule has 4 N–H and O–H groups in total. The number of hydrazine groups is 1. The molecule has 5 nitrogen and oxygen atoms in total. The second-order valence-corrected chi connectivity index (χ2v) is 6.11. The number of nitrogens with one attached hydrogen (secondary N) is 1. The highest BCUT2D eigenvalue weighted by atomic mass is 16.3. The molecule has 1 fully saturated rings. The third-order valence-corrected chi connectivity index (χ3v) is 4.27. The number of para-hydroxylation sites is 1. The molecule has 1 aliphatic rings. The van der Waals surface area contributed by atoms with E-state index in [1.165, 1.54) is 0 Å². The summed E-state index contributed by atoms with van der Waals surface area (Å²) in [6.07, 6.45) is 1.61. The Morgan fingerprint density at radius 2 is 2.05 bits per heavy atom. The molecule has 1 aromatic carbocycles. The number of anilines is 1. The zero-order valence-corrected chi connectivity index (χ0v) is 12.3. The maximum Gasteiger partial charge on any atom is 0.145 e. The van der Waals surface area contributed by atoms with Gasteiger partial charge >= 0.3 is 0 Å². The number of fused-ring (bicyclic) bond motifs is 1. The zero-order chi connectivity index (χ0) is 14.9. The summed E-state index contributed by atoms with van der Waals surface area (Å²) in [6.45, 7) is 4.50. The van der Waals surface area contributed by atoms with E-state index in [1.807, 2.05) is 25.1 Å². The lowest BCUT2D eigenvalue weighted by Gasteiger charge is -2.35. The summed E-state index contributed by atoms with van der Waals surface area (Å²) in [4.78, 5) is 6.91. The van der Waals surface area contributed by atoms with Gasteiger partial charge in [-0.05, 0) is 31.9 Å². The summed E-state index contributed by atoms with van der Waals surface area (Å²) in [5.74, 6) is 6.35. The van der Waals surface area contributed by atoms with Crippen LogP contribution in [0.5, 0.6) is 0 Å². The quantitative estimate of drug-likeness (QED) is 0.593. The fraction of sp³-hybridized carbons (Fsp3) is 0.438. The number of aliphatic hydroxyl groups is 1. The minimum Gasteiger partial charge on any atom is -0.390 e. The SMILES string of the molecule is CC1(O)CCN(Cc2cc3ccccc3nc2NN)CC1. The molecule has 21 heavy (non-hydrogen) atoms. The first-order chi connectivity index (χ1) is 10.1. The number of nitrogen functional groups attached to an aromatic ring is 1. The van der Waals surface area contributed by atoms with Gasteiger partial charge in [0, 0.05) is 30.6 Å². The van der Waals surface area contributed by atoms with Crippen LogP contribution >= 0.6 is 0 Å². The highest BCUT2D eigenvalue weighted by Crippen LogP contribution is 2.25. The molecule has 0 atom stereocenters. The first-order valence-corrected chi connectivity index (χ1v) is 7.37. The zero-order valence-electron chi connectivity index (χ0n) is 12.3. The lowest BCUT2D eigenvalue weighted by atomic mass is 9.93. The Morgan fingerprint density at radius 3 is 2.76 bits per heavy atom. The Kier molecular flexibility index (Phi) is 3.80. The predicted octanol–water partition coefficient (Wildman–Crippen LogP) is 1.87. The number of piperidine rings is 1. The molecule has 2 heterocycles. The van der Waals surface area contributed by atoms with Crippen molar-refractivity contribution >= 4 is 16.7 Å². The Bertz CT molecular complexity index is 631. The van der Waals surface area contributed by atoms with Crippen molar-refractivity contribution in [3.05, 3.63) is 35.9 Å². The molecular formula is C16H22N4O. The van der Waals surface area contributed by atoms with Crippen molar-refractivity contribution in [1.29, 1.82) is 0 Å². The molecule has 0 unspecified atom stereocenters. The fourth-order valence-electron chi connectivity index (χ4n) is 2.84. The van der Waals surface area contributed by atoms with Crippen LogP contribution in [0.3, 0.4) is 0 Å². The van der Waals surface area contributed by atoms with Crippen molar-refractivity contribution in [3.63, 3.8) is 0 Å². The molecular weight excluding hydrogens is 264 g/mol. The van der Waals surface area contributed by atoms with Crippen LogP contribution < -0.4 is 11.3 Å². The van der Waals surface area contributed by atoms with Crippen LogP contribution in [0, 0.1) is 0 Å². The molecule has 5 heteroatoms. The van der Waals surface area contributed by atoms with Crippen molar-refractivity contribution in [1.82, 2.24) is 9.88 Å². The predicted molar refractivity (Wildman–Crippen MR) is 84.7 cm³/mol. The molecule has 1 aliphatic heterocycles. The number of nitrogens with zero attached hydrogens (tertiary/aromatic N) is 2. The summed E-state index contributed by atoms with van der Waals surface area (Å²) < 4.78 is 0. The number of likely N-dealkylation sites (tertiary alicyclic amines) is 1. The van der Waals surface area contributed by atoms with Gasteiger partial charge in [-0.1, -0.05) is 18.2 Å². The average molecular weight is 286 g/mol. The van der Waals surface area contributed by atoms with Gasteiger partial charge in [0.05, 0.1) is 11.1 Å². The van der Waals surface area contributed by atoms with Crippen molar-refractivity contribution in [2.24, 2.45) is 5.84 Å². The molecule has 0 amide bonds. The smallest absolute Gasteiger partial charge is 0.145 e. The Balaban J connectivity index is 1.83. The lowest BCUT2D eigenvalue weighted by molar-refractivity contribution is -0.00726. The van der Waals surface area contributed by atoms with E-state index in [0.717, 1.165) is 54.8 Å². The first-order valence-electron chi connectivity index (χ1n) is 7.37. The highest BCUT2D eigenvalue weighted by Gasteiger charge is 2.27. The first kappa shape index (κ1) is 14.3. The van der Waals surface area contributed by atoms with E-state index in [-0.39, 0.29) is 0 Å². The summed E-state index contributed by atoms with van der Waals surface area (Å²) in [6, 6.07) is 10.2. The third-order valence-electron chi connectivity index (χ3n) is 4.27. The van der Waals surface area contributed by atoms with Gasteiger partial charge in [-0.3, -0.25) is 4.90 Å². The van der Waals surface area contributed by atoms with Gasteiger partial charge in [0.15, 0.2) is 0 Å². The Morgan fingerprint density at radius 1 is 1.33 bits per heavy atom. The summed E-state index contributed by atoms with van der Waals surface area (Å²) in [7, 11) is 0. The Labute approximate surface area is 124 Å². The number of benzene rings is 1. The molecule has 2 aromatic rings. The molecule has 0 bridgehead atoms. The molecule has 0 spiro atoms. The number of aromatic nitrogens is 1. The van der Waals surface area contributed by atoms with E-state index in [9.17, 15) is 5.11 Å². The maximum absolute atomic E-state index is 10.0. The topological polar surface area (TPSA) is 74.4 Å². The second kappa shape index (κ2) is 5.60. The lowest BCUT2D eigenvalue weighted by Crippen LogP contribution is -2.42. The molecule has 1 saturated heterocycles. The van der Waals surface area contributed by atoms with Crippen LogP contribution in [0.15, 0.2) is 30.3 Å². The van der Waals surface area contributed by atoms with E-state index in [2.05, 4.69) is 27.4 Å². The minimum absolute atomic E-state index is 0.521. The highest BCUT2D eigenvalue weighted by molar-refractivity contribution is 5.81. The van der Waals surface area contributed by atoms with Crippen molar-refractivity contribution < 1.29 is 5.11 Å². The van der Waals surface area contributed by atoms with Gasteiger partial charge in [-0.2, -0.15) is 0 Å². The standard InChI is InChI=1S/C16H22N4O/c1-16(21)6-8-20(9-7-16)11-13-10-12-4-2-3-5-14(12)18-15(13)19-17/h2-5,10,21H,6-9,11,17H2,1H3,(H,18,19). The van der Waals surface area contributed by atoms with E-state index < -0.39 is 5.60 Å². The van der Waals surface area contributed by atoms with E-state index >= 15 is 0 Å². The molecule has 0 radical (unpaired) electrons. The van der Waals surface area contributed by atoms with E-state index in [0.29, 0.717) is 0 Å². The van der Waals surface area contributed by atoms with Gasteiger partial charge in [0.1, 0.15) is 5.82 Å². The number of nitrogens with two attached hydrogens (primary N) is 1. The summed E-state index contributed by atoms with van der Waals surface area (Å²) >= 11 is 0. The van der Waals surface area contributed by atoms with Crippen molar-refractivity contribution in [2.75, 3.05) is 18.5 Å². The average Bonchev–Trinajstić information content (AvgIpc) is 2.48. The fourth-order valence-corrected chi connectivity index (χ4v) is 2.84. The summed E-state index contributed by atoms with van der Waals surface area (Å²) in [5, 5.41) is 11.1. The number of hydrogen-bond acceptors (Lipinski definition) is 5. The van der Waals surface area contributed by atoms with Crippen LogP contribution in [-0.4, -0.2) is 33.7 Å². The maximum atomic E-state index is 10.0. The number of hydrogen-bond donors (Lipinski definition) is 3. The van der Waals surface area contributed by atoms with Gasteiger partial charge < -0.3 is 10.5 Å². The van der Waals surface area contributed by atoms with Crippen molar-refractivity contribution in [2.45, 2.75) is 31.9 Å². The normalized spacial score (nSPS) is 18.8. The Hall–Kier alpha value is -1.69. The van der Waals surface area contributed by atoms with Crippen LogP contribution in [0.2, 0.25) is 0 Å². The van der Waals surface area contributed by atoms with Crippen LogP contribution in [0.4, 0.5) is 5.82 Å². The van der Waals surface area contributed by atoms with Crippen LogP contribution in [0.1, 0.15) is 25.3 Å². The molecule has 3 rings (SSSR count). The van der Waals surface area contributed by atoms with Gasteiger partial charge in [0.2, 0.25) is 0 Å². The van der Waals surface area contributed by atoms with Crippen LogP contribution in [-0.2, 0) is 6.54 Å². The molecule has 0 saturated carbocycles. The largest absolute Gasteiger partial charge is 0.390 e. The van der Waals surface area contributed by atoms with Gasteiger partial charge in [0.25, 0.3) is 0 Å². The van der Waals surface area contributed by atoms with Gasteiger partial charge in [-0.15, -0.1) is 0 Å². The molecule has 0 aliphatic carbocycles. The second-order valence-electron chi connectivity index (χ2n) is 6.11. The van der Waals surface area contributed by atoms with Crippen LogP contribution in [0.25, 0.3) is 10.9 Å². The van der Waals surface area contributed by atoms with Gasteiger partial charge in [-0.25, -0.2) is 10.8 Å². The van der Waals surface area contributed by atoms with Crippen molar-refractivity contribution in [3.8, 4) is 0 Å². The van der Waals surface area contributed by atoms with E-state index in [4.69, 9.17) is 5.84 Å². The summed E-state index contributed by atoms with van der Waals surface area (Å²) in [5.41, 5.74) is 4.22. The molecule has 1 aromatic heterocycles.